The second kappa shape index (κ2) is 9.26. The summed E-state index contributed by atoms with van der Waals surface area (Å²) in [5, 5.41) is 9.52. The molecule has 3 aromatic carbocycles. The molecule has 2 aromatic heterocycles. The van der Waals surface area contributed by atoms with Crippen molar-refractivity contribution in [3.8, 4) is 16.9 Å². The average molecular weight is 452 g/mol. The maximum atomic E-state index is 12.9. The molecule has 0 fully saturated rings. The molecule has 6 nitrogen and oxygen atoms in total. The van der Waals surface area contributed by atoms with Crippen LogP contribution in [0.4, 0.5) is 5.82 Å². The fraction of sp³-hybridized carbons (Fsp3) is 0.0769. The van der Waals surface area contributed by atoms with Gasteiger partial charge in [0.05, 0.1) is 22.7 Å². The molecule has 0 radical (unpaired) electrons. The number of para-hydroxylation sites is 2. The molecule has 7 heteroatoms. The molecule has 0 saturated carbocycles. The summed E-state index contributed by atoms with van der Waals surface area (Å²) in [4.78, 5) is 21.5. The molecule has 1 N–H and O–H groups in total. The van der Waals surface area contributed by atoms with Crippen LogP contribution in [0.5, 0.6) is 0 Å². The normalized spacial score (nSPS) is 10.9. The van der Waals surface area contributed by atoms with Crippen molar-refractivity contribution in [3.05, 3.63) is 96.8 Å². The molecule has 5 aromatic rings. The third-order valence-corrected chi connectivity index (χ3v) is 6.18. The maximum Gasteiger partial charge on any atom is 0.235 e. The molecule has 33 heavy (non-hydrogen) atoms. The zero-order valence-corrected chi connectivity index (χ0v) is 18.8. The lowest BCUT2D eigenvalue weighted by atomic mass is 10.1. The van der Waals surface area contributed by atoms with Crippen LogP contribution in [0.2, 0.25) is 0 Å². The first-order valence-corrected chi connectivity index (χ1v) is 11.5. The lowest BCUT2D eigenvalue weighted by Crippen LogP contribution is -2.17. The second-order valence-electron chi connectivity index (χ2n) is 7.56. The molecular weight excluding hydrogens is 430 g/mol. The van der Waals surface area contributed by atoms with Crippen molar-refractivity contribution in [2.24, 2.45) is 0 Å². The number of carbonyl (C=O) groups is 1. The highest BCUT2D eigenvalue weighted by Gasteiger charge is 2.15. The van der Waals surface area contributed by atoms with Crippen molar-refractivity contribution in [2.45, 2.75) is 11.9 Å². The Morgan fingerprint density at radius 3 is 2.52 bits per heavy atom. The Morgan fingerprint density at radius 2 is 1.70 bits per heavy atom. The van der Waals surface area contributed by atoms with E-state index in [0.29, 0.717) is 5.82 Å². The monoisotopic (exact) mass is 451 g/mol. The number of rotatable bonds is 6. The topological polar surface area (TPSA) is 72.7 Å². The Hall–Kier alpha value is -3.97. The minimum atomic E-state index is -0.129. The summed E-state index contributed by atoms with van der Waals surface area (Å²) >= 11 is 1.39. The predicted molar refractivity (Wildman–Crippen MR) is 133 cm³/mol. The summed E-state index contributed by atoms with van der Waals surface area (Å²) in [6.45, 7) is 2.05. The number of carbonyl (C=O) groups excluding carboxylic acids is 1. The van der Waals surface area contributed by atoms with Gasteiger partial charge in [-0.3, -0.25) is 4.79 Å². The lowest BCUT2D eigenvalue weighted by molar-refractivity contribution is -0.113. The van der Waals surface area contributed by atoms with E-state index in [2.05, 4.69) is 34.3 Å². The van der Waals surface area contributed by atoms with Crippen molar-refractivity contribution < 1.29 is 4.79 Å². The van der Waals surface area contributed by atoms with Crippen LogP contribution >= 0.6 is 11.8 Å². The van der Waals surface area contributed by atoms with Gasteiger partial charge in [0.2, 0.25) is 5.91 Å². The molecular formula is C26H21N5OS. The fourth-order valence-corrected chi connectivity index (χ4v) is 4.30. The molecule has 0 saturated heterocycles. The number of benzene rings is 3. The molecule has 0 aliphatic carbocycles. The SMILES string of the molecule is Cc1ccc(-c2cc(NC(=O)CSc3ncnc4ccccc34)n(-c3ccccc3)n2)cc1. The first kappa shape index (κ1) is 20.9. The number of fused-ring (bicyclic) bond motifs is 1. The zero-order valence-electron chi connectivity index (χ0n) is 18.0. The van der Waals surface area contributed by atoms with E-state index in [4.69, 9.17) is 5.10 Å². The molecule has 2 heterocycles. The van der Waals surface area contributed by atoms with Crippen LogP contribution in [-0.4, -0.2) is 31.4 Å². The quantitative estimate of drug-likeness (QED) is 0.272. The minimum Gasteiger partial charge on any atom is -0.310 e. The van der Waals surface area contributed by atoms with Crippen molar-refractivity contribution in [2.75, 3.05) is 11.1 Å². The largest absolute Gasteiger partial charge is 0.310 e. The molecule has 0 bridgehead atoms. The molecule has 162 valence electrons. The van der Waals surface area contributed by atoms with Crippen LogP contribution in [0.15, 0.2) is 96.3 Å². The van der Waals surface area contributed by atoms with Gasteiger partial charge < -0.3 is 5.32 Å². The number of aryl methyl sites for hydroxylation is 1. The Labute approximate surface area is 195 Å². The third-order valence-electron chi connectivity index (χ3n) is 5.17. The lowest BCUT2D eigenvalue weighted by Gasteiger charge is -2.09. The first-order valence-electron chi connectivity index (χ1n) is 10.5. The summed E-state index contributed by atoms with van der Waals surface area (Å²) < 4.78 is 1.76. The van der Waals surface area contributed by atoms with Gasteiger partial charge in [0.25, 0.3) is 0 Å². The first-order chi connectivity index (χ1) is 16.2. The number of nitrogens with one attached hydrogen (secondary N) is 1. The minimum absolute atomic E-state index is 0.129. The van der Waals surface area contributed by atoms with Crippen LogP contribution < -0.4 is 5.32 Å². The summed E-state index contributed by atoms with van der Waals surface area (Å²) in [5.74, 6) is 0.714. The van der Waals surface area contributed by atoms with Crippen molar-refractivity contribution in [1.29, 1.82) is 0 Å². The van der Waals surface area contributed by atoms with Gasteiger partial charge in [0.1, 0.15) is 17.2 Å². The second-order valence-corrected chi connectivity index (χ2v) is 8.53. The van der Waals surface area contributed by atoms with E-state index in [1.165, 1.54) is 23.7 Å². The van der Waals surface area contributed by atoms with Crippen LogP contribution in [0.1, 0.15) is 5.56 Å². The van der Waals surface area contributed by atoms with Crippen LogP contribution in [0.25, 0.3) is 27.8 Å². The summed E-state index contributed by atoms with van der Waals surface area (Å²) in [6.07, 6.45) is 1.53. The summed E-state index contributed by atoms with van der Waals surface area (Å²) in [6, 6.07) is 27.6. The van der Waals surface area contributed by atoms with Gasteiger partial charge in [0.15, 0.2) is 0 Å². The van der Waals surface area contributed by atoms with Gasteiger partial charge in [-0.25, -0.2) is 14.6 Å². The highest BCUT2D eigenvalue weighted by atomic mass is 32.2. The van der Waals surface area contributed by atoms with E-state index >= 15 is 0 Å². The van der Waals surface area contributed by atoms with E-state index < -0.39 is 0 Å². The predicted octanol–water partition coefficient (Wildman–Crippen LogP) is 5.52. The molecule has 5 rings (SSSR count). The van der Waals surface area contributed by atoms with Crippen LogP contribution in [0, 0.1) is 6.92 Å². The summed E-state index contributed by atoms with van der Waals surface area (Å²) in [7, 11) is 0. The molecule has 0 aliphatic rings. The average Bonchev–Trinajstić information content (AvgIpc) is 3.27. The number of nitrogens with zero attached hydrogens (tertiary/aromatic N) is 4. The molecule has 0 aliphatic heterocycles. The highest BCUT2D eigenvalue weighted by molar-refractivity contribution is 8.00. The van der Waals surface area contributed by atoms with Gasteiger partial charge >= 0.3 is 0 Å². The van der Waals surface area contributed by atoms with Gasteiger partial charge in [-0.2, -0.15) is 5.10 Å². The Morgan fingerprint density at radius 1 is 0.939 bits per heavy atom. The Bertz CT molecular complexity index is 1410. The van der Waals surface area contributed by atoms with Crippen molar-refractivity contribution in [3.63, 3.8) is 0 Å². The number of hydrogen-bond acceptors (Lipinski definition) is 5. The number of amides is 1. The van der Waals surface area contributed by atoms with Gasteiger partial charge in [0, 0.05) is 17.0 Å². The number of aromatic nitrogens is 4. The van der Waals surface area contributed by atoms with Crippen LogP contribution in [0.3, 0.4) is 0 Å². The van der Waals surface area contributed by atoms with E-state index in [1.54, 1.807) is 4.68 Å². The van der Waals surface area contributed by atoms with Crippen molar-refractivity contribution in [1.82, 2.24) is 19.7 Å². The molecule has 0 atom stereocenters. The van der Waals surface area contributed by atoms with Gasteiger partial charge in [-0.05, 0) is 25.1 Å². The third kappa shape index (κ3) is 4.63. The Kier molecular flexibility index (Phi) is 5.87. The van der Waals surface area contributed by atoms with Gasteiger partial charge in [-0.1, -0.05) is 78.0 Å². The molecule has 1 amide bonds. The summed E-state index contributed by atoms with van der Waals surface area (Å²) in [5.41, 5.74) is 4.71. The molecule has 0 spiro atoms. The standard InChI is InChI=1S/C26H21N5OS/c1-18-11-13-19(14-12-18)23-15-24(31(30-23)20-7-3-2-4-8-20)29-25(32)16-33-26-21-9-5-6-10-22(21)27-17-28-26/h2-15,17H,16H2,1H3,(H,29,32). The van der Waals surface area contributed by atoms with E-state index in [0.717, 1.165) is 32.9 Å². The number of hydrogen-bond donors (Lipinski definition) is 1. The van der Waals surface area contributed by atoms with Crippen LogP contribution in [-0.2, 0) is 4.79 Å². The Balaban J connectivity index is 1.39. The fourth-order valence-electron chi connectivity index (χ4n) is 3.51. The van der Waals surface area contributed by atoms with E-state index in [-0.39, 0.29) is 11.7 Å². The highest BCUT2D eigenvalue weighted by Crippen LogP contribution is 2.27. The van der Waals surface area contributed by atoms with E-state index in [1.807, 2.05) is 72.8 Å². The van der Waals surface area contributed by atoms with E-state index in [9.17, 15) is 4.79 Å². The van der Waals surface area contributed by atoms with Crippen molar-refractivity contribution >= 4 is 34.4 Å². The number of anilines is 1. The molecule has 0 unspecified atom stereocenters. The number of thioether (sulfide) groups is 1. The maximum absolute atomic E-state index is 12.9. The van der Waals surface area contributed by atoms with Gasteiger partial charge in [-0.15, -0.1) is 0 Å². The zero-order chi connectivity index (χ0) is 22.6. The smallest absolute Gasteiger partial charge is 0.235 e.